The molecule has 1 aliphatic heterocycles. The van der Waals surface area contributed by atoms with Gasteiger partial charge in [-0.3, -0.25) is 9.69 Å². The van der Waals surface area contributed by atoms with E-state index in [4.69, 9.17) is 4.74 Å². The van der Waals surface area contributed by atoms with Crippen molar-refractivity contribution in [2.24, 2.45) is 5.92 Å². The van der Waals surface area contributed by atoms with Crippen molar-refractivity contribution in [2.75, 3.05) is 31.6 Å². The number of fused-ring (bicyclic) bond motifs is 1. The monoisotopic (exact) mass is 378 g/mol. The quantitative estimate of drug-likeness (QED) is 0.660. The summed E-state index contributed by atoms with van der Waals surface area (Å²) in [7, 11) is 0. The second-order valence-electron chi connectivity index (χ2n) is 7.51. The average molecular weight is 378 g/mol. The van der Waals surface area contributed by atoms with Crippen LogP contribution >= 0.6 is 0 Å². The van der Waals surface area contributed by atoms with Gasteiger partial charge in [-0.2, -0.15) is 0 Å². The first kappa shape index (κ1) is 18.5. The van der Waals surface area contributed by atoms with E-state index in [1.54, 1.807) is 6.20 Å². The molecule has 4 rings (SSSR count). The maximum atomic E-state index is 12.4. The van der Waals surface area contributed by atoms with Crippen LogP contribution in [-0.4, -0.2) is 47.0 Å². The molecule has 6 heteroatoms. The van der Waals surface area contributed by atoms with E-state index in [2.05, 4.69) is 27.1 Å². The molecule has 1 fully saturated rings. The first-order valence-corrected chi connectivity index (χ1v) is 9.83. The highest BCUT2D eigenvalue weighted by Gasteiger charge is 2.17. The van der Waals surface area contributed by atoms with Crippen LogP contribution in [0.25, 0.3) is 11.0 Å². The molecule has 2 aromatic heterocycles. The number of aromatic nitrogens is 2. The number of pyridine rings is 1. The van der Waals surface area contributed by atoms with E-state index in [0.717, 1.165) is 40.5 Å². The number of nitrogens with one attached hydrogen (secondary N) is 2. The minimum Gasteiger partial charge on any atom is -0.492 e. The van der Waals surface area contributed by atoms with E-state index >= 15 is 0 Å². The Kier molecular flexibility index (Phi) is 5.58. The van der Waals surface area contributed by atoms with Crippen LogP contribution < -0.4 is 10.1 Å². The third-order valence-corrected chi connectivity index (χ3v) is 5.21. The van der Waals surface area contributed by atoms with Crippen LogP contribution in [0.3, 0.4) is 0 Å². The number of hydrogen-bond acceptors (Lipinski definition) is 4. The molecule has 0 bridgehead atoms. The summed E-state index contributed by atoms with van der Waals surface area (Å²) in [6.07, 6.45) is 5.16. The molecule has 28 heavy (non-hydrogen) atoms. The van der Waals surface area contributed by atoms with Crippen LogP contribution in [-0.2, 0) is 11.2 Å². The Bertz CT molecular complexity index is 935. The van der Waals surface area contributed by atoms with Crippen LogP contribution in [0.1, 0.15) is 18.9 Å². The van der Waals surface area contributed by atoms with Gasteiger partial charge in [0.05, 0.1) is 6.42 Å². The Morgan fingerprint density at radius 2 is 2.18 bits per heavy atom. The molecular formula is C22H26N4O2. The van der Waals surface area contributed by atoms with Gasteiger partial charge in [-0.15, -0.1) is 0 Å². The smallest absolute Gasteiger partial charge is 0.228 e. The van der Waals surface area contributed by atoms with Crippen LogP contribution in [0, 0.1) is 5.92 Å². The fraction of sp³-hybridized carbons (Fsp3) is 0.364. The van der Waals surface area contributed by atoms with Gasteiger partial charge >= 0.3 is 0 Å². The SMILES string of the molecule is CC1CCN(CCOc2ccc(NC(=O)Cc3c[nH]c4ncccc34)cc2)C1. The highest BCUT2D eigenvalue weighted by molar-refractivity contribution is 5.95. The number of anilines is 1. The lowest BCUT2D eigenvalue weighted by molar-refractivity contribution is -0.115. The maximum absolute atomic E-state index is 12.4. The summed E-state index contributed by atoms with van der Waals surface area (Å²) in [5, 5.41) is 3.92. The summed E-state index contributed by atoms with van der Waals surface area (Å²) < 4.78 is 5.83. The van der Waals surface area contributed by atoms with Gasteiger partial charge in [0.25, 0.3) is 0 Å². The molecule has 2 N–H and O–H groups in total. The summed E-state index contributed by atoms with van der Waals surface area (Å²) in [5.41, 5.74) is 2.51. The molecule has 6 nitrogen and oxygen atoms in total. The van der Waals surface area contributed by atoms with Gasteiger partial charge in [0.2, 0.25) is 5.91 Å². The Balaban J connectivity index is 1.26. The van der Waals surface area contributed by atoms with Crippen LogP contribution in [0.5, 0.6) is 5.75 Å². The van der Waals surface area contributed by atoms with Gasteiger partial charge in [0.15, 0.2) is 0 Å². The van der Waals surface area contributed by atoms with Crippen LogP contribution in [0.2, 0.25) is 0 Å². The number of benzene rings is 1. The summed E-state index contributed by atoms with van der Waals surface area (Å²) >= 11 is 0. The van der Waals surface area contributed by atoms with Gasteiger partial charge < -0.3 is 15.0 Å². The van der Waals surface area contributed by atoms with Crippen molar-refractivity contribution in [3.63, 3.8) is 0 Å². The van der Waals surface area contributed by atoms with E-state index < -0.39 is 0 Å². The number of carbonyl (C=O) groups is 1. The standard InChI is InChI=1S/C22H26N4O2/c1-16-8-10-26(15-16)11-12-28-19-6-4-18(5-7-19)25-21(27)13-17-14-24-22-20(17)3-2-9-23-22/h2-7,9,14,16H,8,10-13,15H2,1H3,(H,23,24)(H,25,27). The molecule has 1 saturated heterocycles. The molecule has 1 aliphatic rings. The van der Waals surface area contributed by atoms with E-state index in [1.165, 1.54) is 19.5 Å². The zero-order valence-corrected chi connectivity index (χ0v) is 16.1. The summed E-state index contributed by atoms with van der Waals surface area (Å²) in [5.74, 6) is 1.57. The van der Waals surface area contributed by atoms with Gasteiger partial charge in [-0.05, 0) is 60.8 Å². The molecule has 1 unspecified atom stereocenters. The van der Waals surface area contributed by atoms with Gasteiger partial charge in [0.1, 0.15) is 18.0 Å². The minimum atomic E-state index is -0.0541. The first-order chi connectivity index (χ1) is 13.7. The lowest BCUT2D eigenvalue weighted by Gasteiger charge is -2.15. The molecule has 0 aliphatic carbocycles. The predicted molar refractivity (Wildman–Crippen MR) is 111 cm³/mol. The lowest BCUT2D eigenvalue weighted by atomic mass is 10.1. The molecule has 0 saturated carbocycles. The van der Waals surface area contributed by atoms with Crippen molar-refractivity contribution in [3.8, 4) is 5.75 Å². The van der Waals surface area contributed by atoms with Gasteiger partial charge in [-0.1, -0.05) is 6.92 Å². The molecular weight excluding hydrogens is 352 g/mol. The third-order valence-electron chi connectivity index (χ3n) is 5.21. The number of H-pyrrole nitrogens is 1. The van der Waals surface area contributed by atoms with E-state index in [0.29, 0.717) is 13.0 Å². The van der Waals surface area contributed by atoms with E-state index in [1.807, 2.05) is 42.6 Å². The van der Waals surface area contributed by atoms with Crippen LogP contribution in [0.15, 0.2) is 48.8 Å². The van der Waals surface area contributed by atoms with Crippen molar-refractivity contribution in [2.45, 2.75) is 19.8 Å². The molecule has 146 valence electrons. The normalized spacial score (nSPS) is 17.1. The Hall–Kier alpha value is -2.86. The number of rotatable bonds is 7. The molecule has 3 aromatic rings. The number of amides is 1. The van der Waals surface area contributed by atoms with Crippen molar-refractivity contribution >= 4 is 22.6 Å². The fourth-order valence-corrected chi connectivity index (χ4v) is 3.69. The van der Waals surface area contributed by atoms with Gasteiger partial charge in [0, 0.05) is 36.6 Å². The summed E-state index contributed by atoms with van der Waals surface area (Å²) in [4.78, 5) is 22.2. The average Bonchev–Trinajstić information content (AvgIpc) is 3.30. The Labute approximate surface area is 164 Å². The zero-order valence-electron chi connectivity index (χ0n) is 16.1. The molecule has 1 amide bonds. The van der Waals surface area contributed by atoms with Crippen molar-refractivity contribution < 1.29 is 9.53 Å². The van der Waals surface area contributed by atoms with Crippen molar-refractivity contribution in [1.82, 2.24) is 14.9 Å². The number of aromatic amines is 1. The Morgan fingerprint density at radius 3 is 2.96 bits per heavy atom. The molecule has 0 radical (unpaired) electrons. The highest BCUT2D eigenvalue weighted by Crippen LogP contribution is 2.19. The minimum absolute atomic E-state index is 0.0541. The van der Waals surface area contributed by atoms with E-state index in [-0.39, 0.29) is 5.91 Å². The largest absolute Gasteiger partial charge is 0.492 e. The van der Waals surface area contributed by atoms with E-state index in [9.17, 15) is 4.79 Å². The lowest BCUT2D eigenvalue weighted by Crippen LogP contribution is -2.25. The number of ether oxygens (including phenoxy) is 1. The first-order valence-electron chi connectivity index (χ1n) is 9.83. The second-order valence-corrected chi connectivity index (χ2v) is 7.51. The van der Waals surface area contributed by atoms with Gasteiger partial charge in [-0.25, -0.2) is 4.98 Å². The summed E-state index contributed by atoms with van der Waals surface area (Å²) in [6.45, 7) is 6.28. The number of likely N-dealkylation sites (tertiary alicyclic amines) is 1. The molecule has 3 heterocycles. The van der Waals surface area contributed by atoms with Crippen molar-refractivity contribution in [3.05, 3.63) is 54.4 Å². The summed E-state index contributed by atoms with van der Waals surface area (Å²) in [6, 6.07) is 11.4. The predicted octanol–water partition coefficient (Wildman–Crippen LogP) is 3.46. The topological polar surface area (TPSA) is 70.2 Å². The van der Waals surface area contributed by atoms with Crippen LogP contribution in [0.4, 0.5) is 5.69 Å². The fourth-order valence-electron chi connectivity index (χ4n) is 3.69. The molecule has 1 atom stereocenters. The second kappa shape index (κ2) is 8.44. The maximum Gasteiger partial charge on any atom is 0.228 e. The Morgan fingerprint density at radius 1 is 1.32 bits per heavy atom. The highest BCUT2D eigenvalue weighted by atomic mass is 16.5. The molecule has 1 aromatic carbocycles. The van der Waals surface area contributed by atoms with Crippen molar-refractivity contribution in [1.29, 1.82) is 0 Å². The third kappa shape index (κ3) is 4.51. The molecule has 0 spiro atoms. The number of carbonyl (C=O) groups excluding carboxylic acids is 1. The zero-order chi connectivity index (χ0) is 19.3. The number of hydrogen-bond donors (Lipinski definition) is 2. The number of nitrogens with zero attached hydrogens (tertiary/aromatic N) is 2.